The average Bonchev–Trinajstić information content (AvgIpc) is 3.40. The van der Waals surface area contributed by atoms with Gasteiger partial charge in [-0.1, -0.05) is 262 Å². The van der Waals surface area contributed by atoms with Crippen molar-refractivity contribution in [2.75, 3.05) is 26.4 Å². The van der Waals surface area contributed by atoms with Gasteiger partial charge < -0.3 is 39.4 Å². The van der Waals surface area contributed by atoms with Gasteiger partial charge in [-0.25, -0.2) is 0 Å². The first-order chi connectivity index (χ1) is 36.4. The topological polar surface area (TPSA) is 135 Å². The molecule has 0 saturated carbocycles. The Balaban J connectivity index is 2.11. The number of aliphatic hydroxyl groups is 4. The summed E-state index contributed by atoms with van der Waals surface area (Å²) in [5.41, 5.74) is 0. The maximum atomic E-state index is 12.9. The zero-order chi connectivity index (χ0) is 53.5. The molecule has 0 aromatic carbocycles. The van der Waals surface area contributed by atoms with Crippen molar-refractivity contribution in [3.8, 4) is 0 Å². The van der Waals surface area contributed by atoms with Gasteiger partial charge in [0.2, 0.25) is 0 Å². The van der Waals surface area contributed by atoms with Gasteiger partial charge in [0, 0.05) is 13.0 Å². The third-order valence-corrected chi connectivity index (χ3v) is 14.7. The standard InChI is InChI=1S/C65H120O9/c1-3-5-7-9-11-13-15-17-19-21-23-25-27-29-31-33-35-37-39-41-43-45-47-49-51-53-55-71-57-59(58-72-65-64(70)63(69)62(68)60(56-66)74-65)73-61(67)54-52-50-48-46-44-42-40-38-36-34-32-30-28-26-24-22-20-18-16-14-12-10-8-6-4-2/h15-18,21-24,59-60,62-66,68-70H,3-14,19-20,25-58H2,1-2H3/b17-15-,18-16-,23-21-,24-22-. The molecule has 1 fully saturated rings. The maximum Gasteiger partial charge on any atom is 0.306 e. The van der Waals surface area contributed by atoms with E-state index in [0.717, 1.165) is 44.9 Å². The lowest BCUT2D eigenvalue weighted by Crippen LogP contribution is -2.59. The van der Waals surface area contributed by atoms with E-state index >= 15 is 0 Å². The van der Waals surface area contributed by atoms with Crippen LogP contribution < -0.4 is 0 Å². The molecule has 6 unspecified atom stereocenters. The molecule has 1 heterocycles. The minimum absolute atomic E-state index is 0.112. The summed E-state index contributed by atoms with van der Waals surface area (Å²) in [4.78, 5) is 12.9. The highest BCUT2D eigenvalue weighted by Crippen LogP contribution is 2.23. The summed E-state index contributed by atoms with van der Waals surface area (Å²) in [7, 11) is 0. The lowest BCUT2D eigenvalue weighted by Gasteiger charge is -2.39. The Morgan fingerprint density at radius 2 is 0.784 bits per heavy atom. The molecular formula is C65H120O9. The molecule has 9 heteroatoms. The molecule has 0 aromatic heterocycles. The van der Waals surface area contributed by atoms with E-state index in [2.05, 4.69) is 62.5 Å². The number of esters is 1. The van der Waals surface area contributed by atoms with Gasteiger partial charge in [0.25, 0.3) is 0 Å². The largest absolute Gasteiger partial charge is 0.457 e. The van der Waals surface area contributed by atoms with Gasteiger partial charge in [-0.05, 0) is 77.0 Å². The van der Waals surface area contributed by atoms with E-state index in [1.807, 2.05) is 0 Å². The summed E-state index contributed by atoms with van der Waals surface area (Å²) in [5.74, 6) is -0.310. The van der Waals surface area contributed by atoms with Gasteiger partial charge in [0.05, 0.1) is 19.8 Å². The Hall–Kier alpha value is -1.85. The molecule has 1 aliphatic rings. The van der Waals surface area contributed by atoms with Crippen molar-refractivity contribution in [2.24, 2.45) is 0 Å². The van der Waals surface area contributed by atoms with Gasteiger partial charge in [-0.2, -0.15) is 0 Å². The van der Waals surface area contributed by atoms with Crippen LogP contribution in [0.3, 0.4) is 0 Å². The molecule has 0 bridgehead atoms. The fourth-order valence-electron chi connectivity index (χ4n) is 9.79. The Morgan fingerprint density at radius 3 is 1.16 bits per heavy atom. The average molecular weight is 1050 g/mol. The van der Waals surface area contributed by atoms with Gasteiger partial charge in [0.15, 0.2) is 6.29 Å². The van der Waals surface area contributed by atoms with Crippen molar-refractivity contribution in [1.82, 2.24) is 0 Å². The van der Waals surface area contributed by atoms with E-state index in [0.29, 0.717) is 13.0 Å². The van der Waals surface area contributed by atoms with Crippen LogP contribution in [0, 0.1) is 0 Å². The summed E-state index contributed by atoms with van der Waals surface area (Å²) in [5, 5.41) is 40.4. The van der Waals surface area contributed by atoms with Crippen LogP contribution in [0.4, 0.5) is 0 Å². The second-order valence-electron chi connectivity index (χ2n) is 21.9. The number of allylic oxidation sites excluding steroid dienone is 8. The van der Waals surface area contributed by atoms with Gasteiger partial charge in [-0.15, -0.1) is 0 Å². The molecular weight excluding hydrogens is 925 g/mol. The fourth-order valence-corrected chi connectivity index (χ4v) is 9.79. The maximum absolute atomic E-state index is 12.9. The first-order valence-electron chi connectivity index (χ1n) is 31.7. The quantitative estimate of drug-likeness (QED) is 0.0267. The SMILES string of the molecule is CCCCCCC/C=C\C/C=C\CCCCCCCCCCCCCCCCOCC(COC1OC(CO)C(O)C(O)C1O)OC(=O)CCCCCCCCCCCCCCC/C=C\C/C=C\CCCCCCC. The summed E-state index contributed by atoms with van der Waals surface area (Å²) < 4.78 is 23.0. The predicted octanol–water partition coefficient (Wildman–Crippen LogP) is 17.2. The number of carbonyl (C=O) groups excluding carboxylic acids is 1. The second-order valence-corrected chi connectivity index (χ2v) is 21.9. The first kappa shape index (κ1) is 70.2. The molecule has 74 heavy (non-hydrogen) atoms. The monoisotopic (exact) mass is 1040 g/mol. The van der Waals surface area contributed by atoms with Gasteiger partial charge >= 0.3 is 5.97 Å². The highest BCUT2D eigenvalue weighted by atomic mass is 16.7. The minimum atomic E-state index is -1.54. The molecule has 0 radical (unpaired) electrons. The highest BCUT2D eigenvalue weighted by Gasteiger charge is 2.44. The smallest absolute Gasteiger partial charge is 0.306 e. The Labute approximate surface area is 456 Å². The summed E-state index contributed by atoms with van der Waals surface area (Å²) in [6, 6.07) is 0. The third kappa shape index (κ3) is 45.2. The molecule has 0 amide bonds. The third-order valence-electron chi connectivity index (χ3n) is 14.7. The molecule has 434 valence electrons. The summed E-state index contributed by atoms with van der Waals surface area (Å²) in [6.07, 6.45) is 66.0. The number of aliphatic hydroxyl groups excluding tert-OH is 4. The van der Waals surface area contributed by atoms with E-state index in [-0.39, 0.29) is 19.2 Å². The van der Waals surface area contributed by atoms with Crippen LogP contribution in [-0.4, -0.2) is 89.6 Å². The van der Waals surface area contributed by atoms with E-state index in [1.54, 1.807) is 0 Å². The van der Waals surface area contributed by atoms with Crippen molar-refractivity contribution in [2.45, 2.75) is 333 Å². The highest BCUT2D eigenvalue weighted by molar-refractivity contribution is 5.69. The molecule has 0 aromatic rings. The molecule has 6 atom stereocenters. The lowest BCUT2D eigenvalue weighted by atomic mass is 9.99. The van der Waals surface area contributed by atoms with Crippen LogP contribution >= 0.6 is 0 Å². The van der Waals surface area contributed by atoms with Crippen LogP contribution in [0.2, 0.25) is 0 Å². The molecule has 9 nitrogen and oxygen atoms in total. The second kappa shape index (κ2) is 55.9. The molecule has 0 spiro atoms. The predicted molar refractivity (Wildman–Crippen MR) is 311 cm³/mol. The molecule has 1 aliphatic heterocycles. The van der Waals surface area contributed by atoms with Crippen molar-refractivity contribution in [3.05, 3.63) is 48.6 Å². The zero-order valence-corrected chi connectivity index (χ0v) is 48.4. The van der Waals surface area contributed by atoms with Crippen molar-refractivity contribution in [1.29, 1.82) is 0 Å². The van der Waals surface area contributed by atoms with Crippen LogP contribution in [0.1, 0.15) is 296 Å². The fraction of sp³-hybridized carbons (Fsp3) is 0.862. The number of hydrogen-bond acceptors (Lipinski definition) is 9. The first-order valence-corrected chi connectivity index (χ1v) is 31.7. The normalized spacial score (nSPS) is 18.8. The molecule has 0 aliphatic carbocycles. The number of unbranched alkanes of at least 4 members (excludes halogenated alkanes) is 37. The molecule has 1 saturated heterocycles. The number of hydrogen-bond donors (Lipinski definition) is 4. The van der Waals surface area contributed by atoms with Crippen molar-refractivity contribution < 1.29 is 44.2 Å². The van der Waals surface area contributed by atoms with Crippen molar-refractivity contribution >= 4 is 5.97 Å². The Morgan fingerprint density at radius 1 is 0.432 bits per heavy atom. The number of rotatable bonds is 56. The Kier molecular flexibility index (Phi) is 53.0. The van der Waals surface area contributed by atoms with E-state index in [9.17, 15) is 25.2 Å². The van der Waals surface area contributed by atoms with Crippen LogP contribution in [-0.2, 0) is 23.7 Å². The van der Waals surface area contributed by atoms with E-state index in [1.165, 1.54) is 231 Å². The Bertz CT molecular complexity index is 1280. The van der Waals surface area contributed by atoms with Crippen molar-refractivity contribution in [3.63, 3.8) is 0 Å². The number of ether oxygens (including phenoxy) is 4. The number of carbonyl (C=O) groups is 1. The minimum Gasteiger partial charge on any atom is -0.457 e. The van der Waals surface area contributed by atoms with E-state index < -0.39 is 43.4 Å². The zero-order valence-electron chi connectivity index (χ0n) is 48.4. The summed E-state index contributed by atoms with van der Waals surface area (Å²) in [6.45, 7) is 4.59. The summed E-state index contributed by atoms with van der Waals surface area (Å²) >= 11 is 0. The van der Waals surface area contributed by atoms with Crippen LogP contribution in [0.25, 0.3) is 0 Å². The lowest BCUT2D eigenvalue weighted by molar-refractivity contribution is -0.305. The molecule has 4 N–H and O–H groups in total. The van der Waals surface area contributed by atoms with Gasteiger partial charge in [0.1, 0.15) is 30.5 Å². The van der Waals surface area contributed by atoms with Gasteiger partial charge in [-0.3, -0.25) is 4.79 Å². The molecule has 1 rings (SSSR count). The van der Waals surface area contributed by atoms with Crippen LogP contribution in [0.15, 0.2) is 48.6 Å². The van der Waals surface area contributed by atoms with Crippen LogP contribution in [0.5, 0.6) is 0 Å². The van der Waals surface area contributed by atoms with E-state index in [4.69, 9.17) is 18.9 Å².